The Hall–Kier alpha value is -3.31. The van der Waals surface area contributed by atoms with Crippen molar-refractivity contribution in [1.29, 1.82) is 0 Å². The number of nitrogens with one attached hydrogen (secondary N) is 1. The van der Waals surface area contributed by atoms with Gasteiger partial charge in [-0.3, -0.25) is 0 Å². The van der Waals surface area contributed by atoms with E-state index in [1.807, 2.05) is 84.9 Å². The summed E-state index contributed by atoms with van der Waals surface area (Å²) in [6.07, 6.45) is 0. The quantitative estimate of drug-likeness (QED) is 0.581. The standard InChI is InChI=1S/C24H26N2O3/c27-16-15-26(18-20-9-3-1-4-10-20)24(28)25-17-21-11-7-8-12-22(21)19-29-23-13-5-2-6-14-23/h1-14,27H,15-19H2,(H,25,28). The van der Waals surface area contributed by atoms with Gasteiger partial charge in [0.05, 0.1) is 6.61 Å². The molecule has 29 heavy (non-hydrogen) atoms. The summed E-state index contributed by atoms with van der Waals surface area (Å²) in [7, 11) is 0. The normalized spacial score (nSPS) is 10.4. The highest BCUT2D eigenvalue weighted by molar-refractivity contribution is 5.74. The van der Waals surface area contributed by atoms with Gasteiger partial charge in [-0.1, -0.05) is 72.8 Å². The van der Waals surface area contributed by atoms with Crippen molar-refractivity contribution in [1.82, 2.24) is 10.2 Å². The van der Waals surface area contributed by atoms with Gasteiger partial charge >= 0.3 is 6.03 Å². The van der Waals surface area contributed by atoms with Gasteiger partial charge < -0.3 is 20.1 Å². The van der Waals surface area contributed by atoms with E-state index in [1.54, 1.807) is 4.90 Å². The molecule has 5 heteroatoms. The molecule has 0 radical (unpaired) electrons. The first-order valence-electron chi connectivity index (χ1n) is 9.68. The second-order valence-corrected chi connectivity index (χ2v) is 6.66. The minimum Gasteiger partial charge on any atom is -0.489 e. The Morgan fingerprint density at radius 2 is 1.48 bits per heavy atom. The van der Waals surface area contributed by atoms with E-state index in [-0.39, 0.29) is 19.2 Å². The van der Waals surface area contributed by atoms with Crippen LogP contribution in [0.5, 0.6) is 5.75 Å². The molecule has 0 aliphatic heterocycles. The van der Waals surface area contributed by atoms with Gasteiger partial charge in [0.25, 0.3) is 0 Å². The first-order valence-corrected chi connectivity index (χ1v) is 9.68. The van der Waals surface area contributed by atoms with Crippen molar-refractivity contribution in [2.24, 2.45) is 0 Å². The first-order chi connectivity index (χ1) is 14.3. The summed E-state index contributed by atoms with van der Waals surface area (Å²) in [5.41, 5.74) is 3.04. The van der Waals surface area contributed by atoms with Crippen molar-refractivity contribution in [3.05, 3.63) is 102 Å². The highest BCUT2D eigenvalue weighted by Gasteiger charge is 2.14. The Kier molecular flexibility index (Phi) is 7.66. The van der Waals surface area contributed by atoms with Gasteiger partial charge in [0.2, 0.25) is 0 Å². The number of carbonyl (C=O) groups is 1. The van der Waals surface area contributed by atoms with Gasteiger partial charge in [-0.25, -0.2) is 4.79 Å². The fourth-order valence-electron chi connectivity index (χ4n) is 3.01. The van der Waals surface area contributed by atoms with E-state index in [0.717, 1.165) is 22.4 Å². The molecule has 0 heterocycles. The van der Waals surface area contributed by atoms with E-state index in [1.165, 1.54) is 0 Å². The van der Waals surface area contributed by atoms with Gasteiger partial charge in [0, 0.05) is 19.6 Å². The molecule has 0 aliphatic carbocycles. The third-order valence-corrected chi connectivity index (χ3v) is 4.56. The predicted octanol–water partition coefficient (Wildman–Crippen LogP) is 3.97. The minimum atomic E-state index is -0.207. The van der Waals surface area contributed by atoms with Crippen molar-refractivity contribution in [3.8, 4) is 5.75 Å². The topological polar surface area (TPSA) is 61.8 Å². The summed E-state index contributed by atoms with van der Waals surface area (Å²) < 4.78 is 5.85. The molecule has 0 spiro atoms. The number of rotatable bonds is 9. The van der Waals surface area contributed by atoms with Crippen LogP contribution in [0, 0.1) is 0 Å². The van der Waals surface area contributed by atoms with Crippen LogP contribution in [-0.4, -0.2) is 29.2 Å². The monoisotopic (exact) mass is 390 g/mol. The maximum absolute atomic E-state index is 12.7. The van der Waals surface area contributed by atoms with Crippen molar-refractivity contribution in [3.63, 3.8) is 0 Å². The Morgan fingerprint density at radius 1 is 0.862 bits per heavy atom. The van der Waals surface area contributed by atoms with Crippen LogP contribution in [-0.2, 0) is 19.7 Å². The molecule has 0 bridgehead atoms. The summed E-state index contributed by atoms with van der Waals surface area (Å²) in [6, 6.07) is 27.1. The molecule has 2 N–H and O–H groups in total. The largest absolute Gasteiger partial charge is 0.489 e. The van der Waals surface area contributed by atoms with Crippen molar-refractivity contribution < 1.29 is 14.6 Å². The Morgan fingerprint density at radius 3 is 2.17 bits per heavy atom. The number of benzene rings is 3. The molecule has 0 aromatic heterocycles. The lowest BCUT2D eigenvalue weighted by Gasteiger charge is -2.23. The minimum absolute atomic E-state index is 0.0816. The number of urea groups is 1. The van der Waals surface area contributed by atoms with E-state index in [4.69, 9.17) is 4.74 Å². The molecule has 0 aliphatic rings. The van der Waals surface area contributed by atoms with Crippen LogP contribution in [0.15, 0.2) is 84.9 Å². The van der Waals surface area contributed by atoms with Gasteiger partial charge in [0.1, 0.15) is 12.4 Å². The molecule has 0 atom stereocenters. The van der Waals surface area contributed by atoms with E-state index >= 15 is 0 Å². The summed E-state index contributed by atoms with van der Waals surface area (Å²) in [4.78, 5) is 14.3. The third kappa shape index (κ3) is 6.36. The summed E-state index contributed by atoms with van der Waals surface area (Å²) in [5, 5.41) is 12.3. The number of aliphatic hydroxyl groups excluding tert-OH is 1. The van der Waals surface area contributed by atoms with Gasteiger partial charge in [0.15, 0.2) is 0 Å². The smallest absolute Gasteiger partial charge is 0.318 e. The molecular weight excluding hydrogens is 364 g/mol. The van der Waals surface area contributed by atoms with E-state index in [2.05, 4.69) is 5.32 Å². The number of amides is 2. The molecule has 0 unspecified atom stereocenters. The first kappa shape index (κ1) is 20.4. The Balaban J connectivity index is 1.59. The van der Waals surface area contributed by atoms with Crippen LogP contribution in [0.2, 0.25) is 0 Å². The zero-order chi connectivity index (χ0) is 20.3. The number of nitrogens with zero attached hydrogens (tertiary/aromatic N) is 1. The lowest BCUT2D eigenvalue weighted by Crippen LogP contribution is -2.40. The Bertz CT molecular complexity index is 885. The fourth-order valence-corrected chi connectivity index (χ4v) is 3.01. The average molecular weight is 390 g/mol. The average Bonchev–Trinajstić information content (AvgIpc) is 2.77. The summed E-state index contributed by atoms with van der Waals surface area (Å²) in [6.45, 7) is 1.47. The maximum atomic E-state index is 12.7. The van der Waals surface area contributed by atoms with E-state index < -0.39 is 0 Å². The van der Waals surface area contributed by atoms with Gasteiger partial charge in [-0.05, 0) is 28.8 Å². The number of para-hydroxylation sites is 1. The lowest BCUT2D eigenvalue weighted by molar-refractivity contribution is 0.173. The second kappa shape index (κ2) is 10.9. The van der Waals surface area contributed by atoms with Gasteiger partial charge in [-0.2, -0.15) is 0 Å². The van der Waals surface area contributed by atoms with Crippen LogP contribution in [0.1, 0.15) is 16.7 Å². The second-order valence-electron chi connectivity index (χ2n) is 6.66. The molecule has 0 fully saturated rings. The van der Waals surface area contributed by atoms with Crippen LogP contribution in [0.3, 0.4) is 0 Å². The number of hydrogen-bond acceptors (Lipinski definition) is 3. The highest BCUT2D eigenvalue weighted by atomic mass is 16.5. The molecule has 3 aromatic carbocycles. The lowest BCUT2D eigenvalue weighted by atomic mass is 10.1. The van der Waals surface area contributed by atoms with Crippen LogP contribution < -0.4 is 10.1 Å². The van der Waals surface area contributed by atoms with Crippen molar-refractivity contribution in [2.45, 2.75) is 19.7 Å². The molecule has 3 rings (SSSR count). The molecule has 0 saturated heterocycles. The molecular formula is C24H26N2O3. The summed E-state index contributed by atoms with van der Waals surface area (Å²) >= 11 is 0. The maximum Gasteiger partial charge on any atom is 0.318 e. The molecule has 150 valence electrons. The van der Waals surface area contributed by atoms with E-state index in [9.17, 15) is 9.90 Å². The van der Waals surface area contributed by atoms with E-state index in [0.29, 0.717) is 19.7 Å². The van der Waals surface area contributed by atoms with Crippen molar-refractivity contribution in [2.75, 3.05) is 13.2 Å². The third-order valence-electron chi connectivity index (χ3n) is 4.56. The molecule has 0 saturated carbocycles. The molecule has 2 amide bonds. The molecule has 3 aromatic rings. The fraction of sp³-hybridized carbons (Fsp3) is 0.208. The predicted molar refractivity (Wildman–Crippen MR) is 113 cm³/mol. The number of ether oxygens (including phenoxy) is 1. The zero-order valence-corrected chi connectivity index (χ0v) is 16.3. The Labute approximate surface area is 171 Å². The SMILES string of the molecule is O=C(NCc1ccccc1COc1ccccc1)N(CCO)Cc1ccccc1. The summed E-state index contributed by atoms with van der Waals surface area (Å²) in [5.74, 6) is 0.809. The van der Waals surface area contributed by atoms with Crippen LogP contribution in [0.25, 0.3) is 0 Å². The van der Waals surface area contributed by atoms with Crippen LogP contribution >= 0.6 is 0 Å². The van der Waals surface area contributed by atoms with Crippen LogP contribution in [0.4, 0.5) is 4.79 Å². The number of carbonyl (C=O) groups excluding carboxylic acids is 1. The van der Waals surface area contributed by atoms with Crippen molar-refractivity contribution >= 4 is 6.03 Å². The number of hydrogen-bond donors (Lipinski definition) is 2. The highest BCUT2D eigenvalue weighted by Crippen LogP contribution is 2.15. The number of aliphatic hydroxyl groups is 1. The van der Waals surface area contributed by atoms with Gasteiger partial charge in [-0.15, -0.1) is 0 Å². The zero-order valence-electron chi connectivity index (χ0n) is 16.3. The molecule has 5 nitrogen and oxygen atoms in total.